The molecule has 1 saturated heterocycles. The molecule has 0 aromatic heterocycles. The molecule has 156 valence electrons. The van der Waals surface area contributed by atoms with Gasteiger partial charge in [0, 0.05) is 13.1 Å². The van der Waals surface area contributed by atoms with Crippen molar-refractivity contribution in [3.63, 3.8) is 0 Å². The van der Waals surface area contributed by atoms with Crippen LogP contribution in [0.3, 0.4) is 0 Å². The Morgan fingerprint density at radius 2 is 1.77 bits per heavy atom. The second-order valence-electron chi connectivity index (χ2n) is 7.42. The summed E-state index contributed by atoms with van der Waals surface area (Å²) in [5.74, 6) is -0.652. The molecule has 0 spiro atoms. The molecule has 0 unspecified atom stereocenters. The maximum atomic E-state index is 13.7. The Morgan fingerprint density at radius 1 is 1.03 bits per heavy atom. The predicted octanol–water partition coefficient (Wildman–Crippen LogP) is 3.49. The van der Waals surface area contributed by atoms with Crippen molar-refractivity contribution in [1.82, 2.24) is 9.62 Å². The number of halogens is 1. The van der Waals surface area contributed by atoms with E-state index in [1.54, 1.807) is 36.4 Å². The van der Waals surface area contributed by atoms with Gasteiger partial charge in [0.05, 0.1) is 4.90 Å². The third-order valence-electron chi connectivity index (χ3n) is 5.49. The lowest BCUT2D eigenvalue weighted by Crippen LogP contribution is -2.46. The van der Waals surface area contributed by atoms with Gasteiger partial charge in [0.2, 0.25) is 15.9 Å². The van der Waals surface area contributed by atoms with Crippen LogP contribution in [0, 0.1) is 5.82 Å². The number of rotatable bonds is 6. The molecule has 0 bridgehead atoms. The van der Waals surface area contributed by atoms with E-state index in [1.165, 1.54) is 10.4 Å². The third-order valence-corrected chi connectivity index (χ3v) is 7.39. The van der Waals surface area contributed by atoms with Crippen molar-refractivity contribution >= 4 is 26.7 Å². The predicted molar refractivity (Wildman–Crippen MR) is 114 cm³/mol. The maximum absolute atomic E-state index is 13.7. The van der Waals surface area contributed by atoms with Gasteiger partial charge in [0.1, 0.15) is 11.9 Å². The number of hydrogen-bond donors (Lipinski definition) is 1. The first-order chi connectivity index (χ1) is 14.5. The Hall–Kier alpha value is -2.77. The number of nitrogens with zero attached hydrogens (tertiary/aromatic N) is 1. The zero-order valence-corrected chi connectivity index (χ0v) is 17.2. The van der Waals surface area contributed by atoms with Gasteiger partial charge in [0.25, 0.3) is 0 Å². The molecule has 3 aromatic carbocycles. The summed E-state index contributed by atoms with van der Waals surface area (Å²) in [5.41, 5.74) is 0.518. The molecule has 1 heterocycles. The molecule has 0 aliphatic carbocycles. The van der Waals surface area contributed by atoms with Crippen molar-refractivity contribution < 1.29 is 17.6 Å². The minimum Gasteiger partial charge on any atom is -0.354 e. The summed E-state index contributed by atoms with van der Waals surface area (Å²) >= 11 is 0. The van der Waals surface area contributed by atoms with E-state index in [0.717, 1.165) is 10.8 Å². The van der Waals surface area contributed by atoms with Gasteiger partial charge in [-0.1, -0.05) is 48.5 Å². The Kier molecular flexibility index (Phi) is 5.83. The molecular weight excluding hydrogens is 403 g/mol. The standard InChI is InChI=1S/C23H23FN2O3S/c24-21-9-4-3-7-18(21)13-14-25-23(27)22-10-5-15-26(22)30(28,29)20-12-11-17-6-1-2-8-19(17)16-20/h1-4,6-9,11-12,16,22H,5,10,13-15H2,(H,25,27)/t22-/m1/s1. The molecular formula is C23H23FN2O3S. The van der Waals surface area contributed by atoms with E-state index in [2.05, 4.69) is 5.32 Å². The smallest absolute Gasteiger partial charge is 0.243 e. The quantitative estimate of drug-likeness (QED) is 0.656. The lowest BCUT2D eigenvalue weighted by molar-refractivity contribution is -0.124. The van der Waals surface area contributed by atoms with E-state index in [0.29, 0.717) is 31.4 Å². The highest BCUT2D eigenvalue weighted by Gasteiger charge is 2.39. The molecule has 7 heteroatoms. The van der Waals surface area contributed by atoms with Crippen molar-refractivity contribution in [2.45, 2.75) is 30.2 Å². The first-order valence-corrected chi connectivity index (χ1v) is 11.4. The van der Waals surface area contributed by atoms with Crippen LogP contribution in [0.2, 0.25) is 0 Å². The highest BCUT2D eigenvalue weighted by Crippen LogP contribution is 2.28. The minimum absolute atomic E-state index is 0.187. The van der Waals surface area contributed by atoms with Gasteiger partial charge >= 0.3 is 0 Å². The molecule has 5 nitrogen and oxygen atoms in total. The molecule has 1 amide bonds. The summed E-state index contributed by atoms with van der Waals surface area (Å²) in [6.45, 7) is 0.556. The van der Waals surface area contributed by atoms with Crippen LogP contribution in [-0.2, 0) is 21.2 Å². The highest BCUT2D eigenvalue weighted by molar-refractivity contribution is 7.89. The average Bonchev–Trinajstić information content (AvgIpc) is 3.26. The first kappa shape index (κ1) is 20.5. The molecule has 1 fully saturated rings. The number of sulfonamides is 1. The Morgan fingerprint density at radius 3 is 2.57 bits per heavy atom. The van der Waals surface area contributed by atoms with Gasteiger partial charge in [-0.25, -0.2) is 12.8 Å². The lowest BCUT2D eigenvalue weighted by atomic mass is 10.1. The number of hydrogen-bond acceptors (Lipinski definition) is 3. The summed E-state index contributed by atoms with van der Waals surface area (Å²) in [6.07, 6.45) is 1.44. The maximum Gasteiger partial charge on any atom is 0.243 e. The van der Waals surface area contributed by atoms with Crippen LogP contribution in [-0.4, -0.2) is 37.8 Å². The van der Waals surface area contributed by atoms with E-state index in [1.807, 2.05) is 24.3 Å². The summed E-state index contributed by atoms with van der Waals surface area (Å²) in [4.78, 5) is 12.9. The van der Waals surface area contributed by atoms with Crippen LogP contribution in [0.5, 0.6) is 0 Å². The van der Waals surface area contributed by atoms with Crippen LogP contribution >= 0.6 is 0 Å². The van der Waals surface area contributed by atoms with Crippen LogP contribution < -0.4 is 5.32 Å². The average molecular weight is 427 g/mol. The van der Waals surface area contributed by atoms with E-state index < -0.39 is 16.1 Å². The Balaban J connectivity index is 1.47. The van der Waals surface area contributed by atoms with E-state index in [9.17, 15) is 17.6 Å². The number of amides is 1. The number of carbonyl (C=O) groups excluding carboxylic acids is 1. The summed E-state index contributed by atoms with van der Waals surface area (Å²) in [5, 5.41) is 4.57. The molecule has 0 saturated carbocycles. The van der Waals surface area contributed by atoms with Crippen molar-refractivity contribution in [3.05, 3.63) is 78.1 Å². The summed E-state index contributed by atoms with van der Waals surface area (Å²) in [7, 11) is -3.80. The fourth-order valence-corrected chi connectivity index (χ4v) is 5.58. The molecule has 4 rings (SSSR count). The van der Waals surface area contributed by atoms with Gasteiger partial charge in [-0.15, -0.1) is 0 Å². The topological polar surface area (TPSA) is 66.5 Å². The van der Waals surface area contributed by atoms with Crippen molar-refractivity contribution in [1.29, 1.82) is 0 Å². The molecule has 0 radical (unpaired) electrons. The highest BCUT2D eigenvalue weighted by atomic mass is 32.2. The number of nitrogens with one attached hydrogen (secondary N) is 1. The second-order valence-corrected chi connectivity index (χ2v) is 9.31. The van der Waals surface area contributed by atoms with Crippen molar-refractivity contribution in [2.24, 2.45) is 0 Å². The second kappa shape index (κ2) is 8.53. The SMILES string of the molecule is O=C(NCCc1ccccc1F)[C@H]1CCCN1S(=O)(=O)c1ccc2ccccc2c1. The Bertz CT molecular complexity index is 1180. The number of carbonyl (C=O) groups is 1. The van der Waals surface area contributed by atoms with Gasteiger partial charge < -0.3 is 5.32 Å². The van der Waals surface area contributed by atoms with Crippen LogP contribution in [0.25, 0.3) is 10.8 Å². The molecule has 30 heavy (non-hydrogen) atoms. The van der Waals surface area contributed by atoms with Gasteiger partial charge in [0.15, 0.2) is 0 Å². The van der Waals surface area contributed by atoms with Crippen molar-refractivity contribution in [3.8, 4) is 0 Å². The number of fused-ring (bicyclic) bond motifs is 1. The molecule has 1 N–H and O–H groups in total. The van der Waals surface area contributed by atoms with Gasteiger partial charge in [-0.2, -0.15) is 4.31 Å². The Labute approximate surface area is 175 Å². The van der Waals surface area contributed by atoms with E-state index >= 15 is 0 Å². The third kappa shape index (κ3) is 4.08. The number of benzene rings is 3. The van der Waals surface area contributed by atoms with Crippen LogP contribution in [0.15, 0.2) is 71.6 Å². The molecule has 1 aliphatic rings. The summed E-state index contributed by atoms with van der Waals surface area (Å²) in [6, 6.07) is 18.2. The first-order valence-electron chi connectivity index (χ1n) is 9.98. The van der Waals surface area contributed by atoms with Crippen LogP contribution in [0.4, 0.5) is 4.39 Å². The van der Waals surface area contributed by atoms with Gasteiger partial charge in [-0.3, -0.25) is 4.79 Å². The fraction of sp³-hybridized carbons (Fsp3) is 0.261. The molecule has 3 aromatic rings. The lowest BCUT2D eigenvalue weighted by Gasteiger charge is -2.23. The van der Waals surface area contributed by atoms with Crippen LogP contribution in [0.1, 0.15) is 18.4 Å². The van der Waals surface area contributed by atoms with Gasteiger partial charge in [-0.05, 0) is 53.8 Å². The monoisotopic (exact) mass is 426 g/mol. The summed E-state index contributed by atoms with van der Waals surface area (Å²) < 4.78 is 41.5. The van der Waals surface area contributed by atoms with E-state index in [-0.39, 0.29) is 23.2 Å². The van der Waals surface area contributed by atoms with Crippen molar-refractivity contribution in [2.75, 3.05) is 13.1 Å². The fourth-order valence-electron chi connectivity index (χ4n) is 3.89. The minimum atomic E-state index is -3.80. The molecule has 1 atom stereocenters. The van der Waals surface area contributed by atoms with E-state index in [4.69, 9.17) is 0 Å². The zero-order chi connectivity index (χ0) is 21.1. The normalized spacial score (nSPS) is 17.3. The largest absolute Gasteiger partial charge is 0.354 e. The zero-order valence-electron chi connectivity index (χ0n) is 16.4. The molecule has 1 aliphatic heterocycles.